The molecule has 3 unspecified atom stereocenters. The van der Waals surface area contributed by atoms with Crippen molar-refractivity contribution < 1.29 is 23.8 Å². The maximum Gasteiger partial charge on any atom is 0.308 e. The average molecular weight is 293 g/mol. The molecule has 3 atom stereocenters. The Balaban J connectivity index is 1.61. The first kappa shape index (κ1) is 13.9. The zero-order valence-corrected chi connectivity index (χ0v) is 11.4. The molecule has 0 aliphatic carbocycles. The number of carbonyl (C=O) groups is 2. The van der Waals surface area contributed by atoms with Gasteiger partial charge in [0.1, 0.15) is 11.6 Å². The number of nitrogens with zero attached hydrogens (tertiary/aromatic N) is 1. The molecule has 1 aromatic carbocycles. The van der Waals surface area contributed by atoms with Gasteiger partial charge >= 0.3 is 5.97 Å². The van der Waals surface area contributed by atoms with E-state index in [0.717, 1.165) is 12.8 Å². The molecule has 1 amide bonds. The Labute approximate surface area is 121 Å². The van der Waals surface area contributed by atoms with Crippen LogP contribution in [0.25, 0.3) is 0 Å². The van der Waals surface area contributed by atoms with E-state index < -0.39 is 11.9 Å². The van der Waals surface area contributed by atoms with E-state index in [1.165, 1.54) is 24.3 Å². The smallest absolute Gasteiger partial charge is 0.308 e. The number of hydrogen-bond donors (Lipinski definition) is 1. The van der Waals surface area contributed by atoms with Gasteiger partial charge < -0.3 is 14.7 Å². The normalized spacial score (nSPS) is 26.9. The summed E-state index contributed by atoms with van der Waals surface area (Å²) >= 11 is 0. The van der Waals surface area contributed by atoms with Gasteiger partial charge in [0.2, 0.25) is 0 Å². The Bertz CT molecular complexity index is 559. The lowest BCUT2D eigenvalue weighted by atomic mass is 9.89. The fourth-order valence-electron chi connectivity index (χ4n) is 3.39. The first-order chi connectivity index (χ1) is 10.1. The molecule has 2 saturated heterocycles. The number of carbonyl (C=O) groups excluding carboxylic acids is 1. The van der Waals surface area contributed by atoms with Crippen molar-refractivity contribution in [1.29, 1.82) is 0 Å². The highest BCUT2D eigenvalue weighted by molar-refractivity contribution is 5.81. The second kappa shape index (κ2) is 5.35. The Kier molecular flexibility index (Phi) is 3.53. The van der Waals surface area contributed by atoms with Crippen LogP contribution in [-0.2, 0) is 9.59 Å². The van der Waals surface area contributed by atoms with Crippen molar-refractivity contribution >= 4 is 11.9 Å². The van der Waals surface area contributed by atoms with Gasteiger partial charge in [-0.2, -0.15) is 0 Å². The summed E-state index contributed by atoms with van der Waals surface area (Å²) in [6.07, 6.45) is 2.13. The first-order valence-corrected chi connectivity index (χ1v) is 6.98. The second-order valence-corrected chi connectivity index (χ2v) is 5.52. The fourth-order valence-corrected chi connectivity index (χ4v) is 3.39. The third kappa shape index (κ3) is 2.57. The SMILES string of the molecule is O=C(O)C1CC2CCC1N2C(=O)COc1ccc(F)cc1. The van der Waals surface area contributed by atoms with E-state index in [0.29, 0.717) is 12.2 Å². The Hall–Kier alpha value is -2.11. The van der Waals surface area contributed by atoms with Gasteiger partial charge in [-0.05, 0) is 43.5 Å². The number of aliphatic carboxylic acids is 1. The topological polar surface area (TPSA) is 66.8 Å². The molecule has 1 N–H and O–H groups in total. The number of rotatable bonds is 4. The Morgan fingerprint density at radius 1 is 1.29 bits per heavy atom. The number of carboxylic acid groups (broad SMARTS) is 1. The number of fused-ring (bicyclic) bond motifs is 2. The van der Waals surface area contributed by atoms with E-state index in [1.54, 1.807) is 4.90 Å². The Morgan fingerprint density at radius 3 is 2.62 bits per heavy atom. The minimum absolute atomic E-state index is 0.0143. The number of hydrogen-bond acceptors (Lipinski definition) is 3. The fraction of sp³-hybridized carbons (Fsp3) is 0.467. The maximum absolute atomic E-state index is 12.8. The number of halogens is 1. The average Bonchev–Trinajstić information content (AvgIpc) is 3.04. The Morgan fingerprint density at radius 2 is 2.00 bits per heavy atom. The van der Waals surface area contributed by atoms with Gasteiger partial charge in [0.05, 0.1) is 5.92 Å². The van der Waals surface area contributed by atoms with Crippen molar-refractivity contribution in [2.75, 3.05) is 6.61 Å². The number of benzene rings is 1. The largest absolute Gasteiger partial charge is 0.484 e. The summed E-state index contributed by atoms with van der Waals surface area (Å²) in [6.45, 7) is -0.148. The highest BCUT2D eigenvalue weighted by Gasteiger charge is 2.51. The van der Waals surface area contributed by atoms with Crippen molar-refractivity contribution in [3.63, 3.8) is 0 Å². The second-order valence-electron chi connectivity index (χ2n) is 5.52. The maximum atomic E-state index is 12.8. The molecular weight excluding hydrogens is 277 g/mol. The van der Waals surface area contributed by atoms with Crippen molar-refractivity contribution in [2.45, 2.75) is 31.3 Å². The molecule has 2 fully saturated rings. The highest BCUT2D eigenvalue weighted by Crippen LogP contribution is 2.41. The van der Waals surface area contributed by atoms with Crippen LogP contribution in [0.1, 0.15) is 19.3 Å². The molecule has 0 spiro atoms. The molecule has 2 aliphatic rings. The third-order valence-corrected chi connectivity index (χ3v) is 4.32. The van der Waals surface area contributed by atoms with E-state index in [-0.39, 0.29) is 30.4 Å². The van der Waals surface area contributed by atoms with Crippen LogP contribution in [0.3, 0.4) is 0 Å². The van der Waals surface area contributed by atoms with E-state index in [2.05, 4.69) is 0 Å². The van der Waals surface area contributed by atoms with Crippen molar-refractivity contribution in [1.82, 2.24) is 4.90 Å². The lowest BCUT2D eigenvalue weighted by Crippen LogP contribution is -2.40. The standard InChI is InChI=1S/C15H16FNO4/c16-9-1-4-11(5-2-9)21-8-14(18)17-10-3-6-13(17)12(7-10)15(19)20/h1-2,4-5,10,12-13H,3,6-8H2,(H,19,20). The van der Waals surface area contributed by atoms with Crippen molar-refractivity contribution in [3.8, 4) is 5.75 Å². The van der Waals surface area contributed by atoms with Crippen LogP contribution in [0.4, 0.5) is 4.39 Å². The predicted octanol–water partition coefficient (Wildman–Crippen LogP) is 1.67. The summed E-state index contributed by atoms with van der Waals surface area (Å²) in [5.41, 5.74) is 0. The van der Waals surface area contributed by atoms with E-state index in [4.69, 9.17) is 9.84 Å². The summed E-state index contributed by atoms with van der Waals surface area (Å²) in [5, 5.41) is 9.16. The number of carboxylic acids is 1. The van der Waals surface area contributed by atoms with Crippen LogP contribution < -0.4 is 4.74 Å². The summed E-state index contributed by atoms with van der Waals surface area (Å²) < 4.78 is 18.1. The van der Waals surface area contributed by atoms with E-state index >= 15 is 0 Å². The molecule has 2 bridgehead atoms. The molecule has 0 saturated carbocycles. The molecule has 5 nitrogen and oxygen atoms in total. The molecule has 2 aliphatic heterocycles. The number of ether oxygens (including phenoxy) is 1. The van der Waals surface area contributed by atoms with Crippen LogP contribution >= 0.6 is 0 Å². The minimum atomic E-state index is -0.834. The van der Waals surface area contributed by atoms with Crippen LogP contribution in [0.5, 0.6) is 5.75 Å². The molecule has 3 rings (SSSR count). The van der Waals surface area contributed by atoms with Gasteiger partial charge in [-0.1, -0.05) is 0 Å². The van der Waals surface area contributed by atoms with E-state index in [1.807, 2.05) is 0 Å². The minimum Gasteiger partial charge on any atom is -0.484 e. The lowest BCUT2D eigenvalue weighted by molar-refractivity contribution is -0.143. The van der Waals surface area contributed by atoms with E-state index in [9.17, 15) is 14.0 Å². The van der Waals surface area contributed by atoms with Crippen LogP contribution in [0.2, 0.25) is 0 Å². The summed E-state index contributed by atoms with van der Waals surface area (Å²) in [4.78, 5) is 25.1. The zero-order valence-electron chi connectivity index (χ0n) is 11.4. The van der Waals surface area contributed by atoms with Gasteiger partial charge in [0.15, 0.2) is 6.61 Å². The molecule has 0 aromatic heterocycles. The van der Waals surface area contributed by atoms with Gasteiger partial charge in [-0.25, -0.2) is 4.39 Å². The highest BCUT2D eigenvalue weighted by atomic mass is 19.1. The first-order valence-electron chi connectivity index (χ1n) is 6.98. The van der Waals surface area contributed by atoms with Crippen molar-refractivity contribution in [2.24, 2.45) is 5.92 Å². The quantitative estimate of drug-likeness (QED) is 0.917. The summed E-state index contributed by atoms with van der Waals surface area (Å²) in [5.74, 6) is -1.44. The molecule has 21 heavy (non-hydrogen) atoms. The number of amides is 1. The van der Waals surface area contributed by atoms with Crippen LogP contribution in [0.15, 0.2) is 24.3 Å². The monoisotopic (exact) mass is 293 g/mol. The van der Waals surface area contributed by atoms with Crippen molar-refractivity contribution in [3.05, 3.63) is 30.1 Å². The third-order valence-electron chi connectivity index (χ3n) is 4.32. The summed E-state index contributed by atoms with van der Waals surface area (Å²) in [7, 11) is 0. The van der Waals surface area contributed by atoms with Crippen LogP contribution in [-0.4, -0.2) is 40.6 Å². The molecule has 0 radical (unpaired) electrons. The molecule has 2 heterocycles. The lowest BCUT2D eigenvalue weighted by Gasteiger charge is -2.23. The van der Waals surface area contributed by atoms with Gasteiger partial charge in [-0.15, -0.1) is 0 Å². The molecule has 1 aromatic rings. The summed E-state index contributed by atoms with van der Waals surface area (Å²) in [6, 6.07) is 5.25. The molecular formula is C15H16FNO4. The van der Waals surface area contributed by atoms with Gasteiger partial charge in [-0.3, -0.25) is 9.59 Å². The predicted molar refractivity (Wildman–Crippen MR) is 71.3 cm³/mol. The van der Waals surface area contributed by atoms with Gasteiger partial charge in [0, 0.05) is 12.1 Å². The van der Waals surface area contributed by atoms with Gasteiger partial charge in [0.25, 0.3) is 5.91 Å². The zero-order chi connectivity index (χ0) is 15.0. The molecule has 6 heteroatoms. The van der Waals surface area contributed by atoms with Crippen LogP contribution in [0, 0.1) is 11.7 Å². The molecule has 112 valence electrons.